The van der Waals surface area contributed by atoms with Crippen LogP contribution in [0, 0.1) is 0 Å². The first-order valence-corrected chi connectivity index (χ1v) is 10.6. The molecule has 0 aliphatic heterocycles. The molecule has 5 aromatic rings. The van der Waals surface area contributed by atoms with Gasteiger partial charge < -0.3 is 19.7 Å². The molecule has 3 heterocycles. The number of ether oxygens (including phenoxy) is 1. The van der Waals surface area contributed by atoms with Crippen molar-refractivity contribution in [2.75, 3.05) is 11.9 Å². The van der Waals surface area contributed by atoms with Crippen molar-refractivity contribution in [3.8, 4) is 11.5 Å². The molecule has 6 nitrogen and oxygen atoms in total. The molecule has 2 aromatic carbocycles. The van der Waals surface area contributed by atoms with Gasteiger partial charge >= 0.3 is 0 Å². The van der Waals surface area contributed by atoms with Crippen LogP contribution in [0.5, 0.6) is 11.5 Å². The van der Waals surface area contributed by atoms with Crippen molar-refractivity contribution >= 4 is 55.6 Å². The van der Waals surface area contributed by atoms with Crippen LogP contribution in [0.1, 0.15) is 0 Å². The molecule has 0 aliphatic carbocycles. The zero-order chi connectivity index (χ0) is 20.5. The molecule has 0 fully saturated rings. The minimum Gasteiger partial charge on any atom is -0.456 e. The highest BCUT2D eigenvalue weighted by atomic mass is 35.5. The molecule has 5 rings (SSSR count). The monoisotopic (exact) mass is 436 g/mol. The van der Waals surface area contributed by atoms with Crippen molar-refractivity contribution in [2.24, 2.45) is 0 Å². The summed E-state index contributed by atoms with van der Waals surface area (Å²) in [4.78, 5) is 8.65. The minimum absolute atomic E-state index is 0.0350. The first kappa shape index (κ1) is 18.9. The Balaban J connectivity index is 1.41. The zero-order valence-corrected chi connectivity index (χ0v) is 17.3. The molecule has 30 heavy (non-hydrogen) atoms. The number of aliphatic hydroxyl groups excluding tert-OH is 1. The maximum Gasteiger partial charge on any atom is 0.158 e. The number of nitrogens with zero attached hydrogens (tertiary/aromatic N) is 3. The van der Waals surface area contributed by atoms with Gasteiger partial charge in [-0.3, -0.25) is 0 Å². The van der Waals surface area contributed by atoms with Crippen LogP contribution in [-0.4, -0.2) is 26.2 Å². The van der Waals surface area contributed by atoms with Crippen LogP contribution in [0.15, 0.2) is 66.4 Å². The summed E-state index contributed by atoms with van der Waals surface area (Å²) in [6.45, 7) is 0.501. The van der Waals surface area contributed by atoms with E-state index in [1.54, 1.807) is 17.4 Å². The molecular weight excluding hydrogens is 420 g/mol. The van der Waals surface area contributed by atoms with E-state index in [9.17, 15) is 5.11 Å². The highest BCUT2D eigenvalue weighted by Crippen LogP contribution is 2.35. The maximum atomic E-state index is 9.30. The number of hydrogen-bond acceptors (Lipinski definition) is 6. The summed E-state index contributed by atoms with van der Waals surface area (Å²) < 4.78 is 9.07. The highest BCUT2D eigenvalue weighted by Gasteiger charge is 2.11. The van der Waals surface area contributed by atoms with Crippen molar-refractivity contribution in [2.45, 2.75) is 6.54 Å². The van der Waals surface area contributed by atoms with E-state index in [0.717, 1.165) is 22.5 Å². The number of aliphatic hydroxyl groups is 1. The Kier molecular flexibility index (Phi) is 5.00. The lowest BCUT2D eigenvalue weighted by Crippen LogP contribution is -2.04. The van der Waals surface area contributed by atoms with Crippen LogP contribution in [0.25, 0.3) is 21.1 Å². The van der Waals surface area contributed by atoms with E-state index in [1.165, 1.54) is 16.4 Å². The van der Waals surface area contributed by atoms with E-state index in [-0.39, 0.29) is 6.61 Å². The SMILES string of the molecule is OCCn1ccc2ncnc(Nc3ccc(Oc4ccc5ccsc5c4)c(Cl)c3)c21. The van der Waals surface area contributed by atoms with Gasteiger partial charge in [0.2, 0.25) is 0 Å². The number of anilines is 2. The molecule has 150 valence electrons. The topological polar surface area (TPSA) is 72.2 Å². The molecule has 0 saturated heterocycles. The zero-order valence-electron chi connectivity index (χ0n) is 15.7. The molecule has 2 N–H and O–H groups in total. The van der Waals surface area contributed by atoms with Gasteiger partial charge in [-0.2, -0.15) is 0 Å². The third-order valence-corrected chi connectivity index (χ3v) is 5.92. The Morgan fingerprint density at radius 1 is 1.10 bits per heavy atom. The fraction of sp³-hybridized carbons (Fsp3) is 0.0909. The molecule has 3 aromatic heterocycles. The lowest BCUT2D eigenvalue weighted by Gasteiger charge is -2.12. The summed E-state index contributed by atoms with van der Waals surface area (Å²) in [6, 6.07) is 15.5. The van der Waals surface area contributed by atoms with Gasteiger partial charge in [0.05, 0.1) is 17.1 Å². The number of halogens is 1. The quantitative estimate of drug-likeness (QED) is 0.350. The van der Waals surface area contributed by atoms with Gasteiger partial charge in [-0.1, -0.05) is 11.6 Å². The fourth-order valence-electron chi connectivity index (χ4n) is 3.34. The van der Waals surface area contributed by atoms with Gasteiger partial charge in [-0.15, -0.1) is 11.3 Å². The Hall–Kier alpha value is -3.13. The van der Waals surface area contributed by atoms with Crippen molar-refractivity contribution in [1.29, 1.82) is 0 Å². The van der Waals surface area contributed by atoms with Crippen molar-refractivity contribution < 1.29 is 9.84 Å². The van der Waals surface area contributed by atoms with Gasteiger partial charge in [0.1, 0.15) is 23.3 Å². The standard InChI is InChI=1S/C22H17ClN4O2S/c23-17-11-15(26-22-21-18(24-13-25-22)5-7-27(21)8-9-28)2-4-19(17)29-16-3-1-14-6-10-30-20(14)12-16/h1-7,10-13,28H,8-9H2,(H,24,25,26). The summed E-state index contributed by atoms with van der Waals surface area (Å²) >= 11 is 8.16. The largest absolute Gasteiger partial charge is 0.456 e. The molecule has 0 spiro atoms. The van der Waals surface area contributed by atoms with Gasteiger partial charge in [0, 0.05) is 23.1 Å². The Morgan fingerprint density at radius 2 is 2.03 bits per heavy atom. The number of thiophene rings is 1. The Labute approximate surface area is 181 Å². The van der Waals surface area contributed by atoms with E-state index >= 15 is 0 Å². The van der Waals surface area contributed by atoms with Crippen molar-refractivity contribution in [1.82, 2.24) is 14.5 Å². The lowest BCUT2D eigenvalue weighted by molar-refractivity contribution is 0.278. The van der Waals surface area contributed by atoms with Crippen LogP contribution in [0.3, 0.4) is 0 Å². The number of fused-ring (bicyclic) bond motifs is 2. The van der Waals surface area contributed by atoms with E-state index in [2.05, 4.69) is 26.7 Å². The maximum absolute atomic E-state index is 9.30. The molecule has 0 bridgehead atoms. The van der Waals surface area contributed by atoms with Crippen LogP contribution in [-0.2, 0) is 6.54 Å². The van der Waals surface area contributed by atoms with Gasteiger partial charge in [0.25, 0.3) is 0 Å². The van der Waals surface area contributed by atoms with Crippen LogP contribution < -0.4 is 10.1 Å². The predicted molar refractivity (Wildman–Crippen MR) is 121 cm³/mol. The number of rotatable bonds is 6. The highest BCUT2D eigenvalue weighted by molar-refractivity contribution is 7.17. The molecule has 0 amide bonds. The average molecular weight is 437 g/mol. The third kappa shape index (κ3) is 3.59. The summed E-state index contributed by atoms with van der Waals surface area (Å²) in [5.41, 5.74) is 2.40. The second kappa shape index (κ2) is 7.95. The summed E-state index contributed by atoms with van der Waals surface area (Å²) in [5, 5.41) is 16.3. The lowest BCUT2D eigenvalue weighted by atomic mass is 10.2. The molecule has 0 saturated carbocycles. The van der Waals surface area contributed by atoms with Crippen LogP contribution in [0.4, 0.5) is 11.5 Å². The van der Waals surface area contributed by atoms with Gasteiger partial charge in [0.15, 0.2) is 5.82 Å². The van der Waals surface area contributed by atoms with Crippen molar-refractivity contribution in [3.63, 3.8) is 0 Å². The van der Waals surface area contributed by atoms with E-state index in [1.807, 2.05) is 47.2 Å². The smallest absolute Gasteiger partial charge is 0.158 e. The third-order valence-electron chi connectivity index (χ3n) is 4.74. The van der Waals surface area contributed by atoms with Gasteiger partial charge in [-0.25, -0.2) is 9.97 Å². The second-order valence-electron chi connectivity index (χ2n) is 6.68. The first-order chi connectivity index (χ1) is 14.7. The number of hydrogen-bond donors (Lipinski definition) is 2. The normalized spacial score (nSPS) is 11.3. The Morgan fingerprint density at radius 3 is 2.90 bits per heavy atom. The molecule has 0 aliphatic rings. The molecule has 0 atom stereocenters. The Bertz CT molecular complexity index is 1350. The second-order valence-corrected chi connectivity index (χ2v) is 8.04. The molecule has 0 radical (unpaired) electrons. The fourth-order valence-corrected chi connectivity index (χ4v) is 4.38. The van der Waals surface area contributed by atoms with Crippen LogP contribution in [0.2, 0.25) is 5.02 Å². The van der Waals surface area contributed by atoms with E-state index in [0.29, 0.717) is 23.1 Å². The number of aromatic nitrogens is 3. The number of benzene rings is 2. The minimum atomic E-state index is 0.0350. The molecule has 8 heteroatoms. The average Bonchev–Trinajstić information content (AvgIpc) is 3.38. The van der Waals surface area contributed by atoms with E-state index < -0.39 is 0 Å². The summed E-state index contributed by atoms with van der Waals surface area (Å²) in [6.07, 6.45) is 3.39. The number of nitrogens with one attached hydrogen (secondary N) is 1. The predicted octanol–water partition coefficient (Wildman–Crippen LogP) is 5.83. The molecular formula is C22H17ClN4O2S. The summed E-state index contributed by atoms with van der Waals surface area (Å²) in [5.74, 6) is 1.97. The van der Waals surface area contributed by atoms with Crippen LogP contribution >= 0.6 is 22.9 Å². The van der Waals surface area contributed by atoms with Gasteiger partial charge in [-0.05, 0) is 59.3 Å². The molecule has 0 unspecified atom stereocenters. The van der Waals surface area contributed by atoms with E-state index in [4.69, 9.17) is 16.3 Å². The van der Waals surface area contributed by atoms with Crippen molar-refractivity contribution in [3.05, 3.63) is 71.5 Å². The summed E-state index contributed by atoms with van der Waals surface area (Å²) in [7, 11) is 0. The first-order valence-electron chi connectivity index (χ1n) is 9.34.